The molecule has 0 spiro atoms. The van der Waals surface area contributed by atoms with Crippen molar-refractivity contribution in [3.05, 3.63) is 0 Å². The highest BCUT2D eigenvalue weighted by atomic mass is 16.6. The van der Waals surface area contributed by atoms with Crippen molar-refractivity contribution in [1.82, 2.24) is 0 Å². The third kappa shape index (κ3) is 8.92. The van der Waals surface area contributed by atoms with Gasteiger partial charge in [0.1, 0.15) is 18.8 Å². The summed E-state index contributed by atoms with van der Waals surface area (Å²) in [6.07, 6.45) is -2.13. The van der Waals surface area contributed by atoms with Gasteiger partial charge < -0.3 is 39.0 Å². The van der Waals surface area contributed by atoms with Crippen LogP contribution in [0.2, 0.25) is 0 Å². The average Bonchev–Trinajstić information content (AvgIpc) is 2.79. The third-order valence-electron chi connectivity index (χ3n) is 6.03. The summed E-state index contributed by atoms with van der Waals surface area (Å²) in [5.41, 5.74) is 0. The molecule has 32 heavy (non-hydrogen) atoms. The predicted octanol–water partition coefficient (Wildman–Crippen LogP) is 0.642. The molecular formula is C22H40O10. The summed E-state index contributed by atoms with van der Waals surface area (Å²) >= 11 is 0. The lowest BCUT2D eigenvalue weighted by atomic mass is 9.74. The van der Waals surface area contributed by atoms with Crippen LogP contribution in [0.5, 0.6) is 0 Å². The zero-order chi connectivity index (χ0) is 24.3. The van der Waals surface area contributed by atoms with Crippen molar-refractivity contribution in [2.45, 2.75) is 76.7 Å². The molecule has 10 heteroatoms. The average molecular weight is 465 g/mol. The van der Waals surface area contributed by atoms with Crippen molar-refractivity contribution in [1.29, 1.82) is 0 Å². The van der Waals surface area contributed by atoms with Gasteiger partial charge in [-0.3, -0.25) is 9.59 Å². The van der Waals surface area contributed by atoms with E-state index in [1.165, 1.54) is 21.3 Å². The number of hydrogen-bond donors (Lipinski definition) is 3. The Kier molecular flexibility index (Phi) is 13.3. The minimum Gasteiger partial charge on any atom is -0.469 e. The fourth-order valence-electron chi connectivity index (χ4n) is 4.04. The van der Waals surface area contributed by atoms with E-state index >= 15 is 0 Å². The Morgan fingerprint density at radius 1 is 0.938 bits per heavy atom. The highest BCUT2D eigenvalue weighted by Crippen LogP contribution is 2.35. The van der Waals surface area contributed by atoms with Gasteiger partial charge in [0.25, 0.3) is 0 Å². The first-order valence-corrected chi connectivity index (χ1v) is 11.1. The van der Waals surface area contributed by atoms with Crippen molar-refractivity contribution in [2.24, 2.45) is 17.8 Å². The van der Waals surface area contributed by atoms with E-state index < -0.39 is 54.5 Å². The van der Waals surface area contributed by atoms with Gasteiger partial charge in [-0.25, -0.2) is 0 Å². The van der Waals surface area contributed by atoms with E-state index in [9.17, 15) is 24.9 Å². The number of aliphatic hydroxyl groups excluding tert-OH is 3. The topological polar surface area (TPSA) is 141 Å². The zero-order valence-corrected chi connectivity index (χ0v) is 19.8. The second-order valence-electron chi connectivity index (χ2n) is 8.42. The molecule has 0 aromatic carbocycles. The van der Waals surface area contributed by atoms with E-state index in [2.05, 4.69) is 0 Å². The number of methoxy groups -OCH3 is 3. The summed E-state index contributed by atoms with van der Waals surface area (Å²) in [5.74, 6) is -1.88. The molecule has 0 heterocycles. The number of carbonyl (C=O) groups excluding carboxylic acids is 2. The summed E-state index contributed by atoms with van der Waals surface area (Å²) in [6, 6.07) is 0. The van der Waals surface area contributed by atoms with Crippen molar-refractivity contribution < 1.29 is 48.6 Å². The maximum atomic E-state index is 12.5. The second-order valence-corrected chi connectivity index (χ2v) is 8.42. The van der Waals surface area contributed by atoms with Gasteiger partial charge in [0, 0.05) is 20.6 Å². The van der Waals surface area contributed by atoms with Crippen LogP contribution in [-0.2, 0) is 33.3 Å². The lowest BCUT2D eigenvalue weighted by molar-refractivity contribution is -0.197. The van der Waals surface area contributed by atoms with Crippen molar-refractivity contribution in [3.8, 4) is 0 Å². The van der Waals surface area contributed by atoms with Crippen LogP contribution in [0, 0.1) is 17.8 Å². The van der Waals surface area contributed by atoms with Crippen LogP contribution < -0.4 is 0 Å². The molecule has 0 saturated heterocycles. The summed E-state index contributed by atoms with van der Waals surface area (Å²) < 4.78 is 25.6. The molecular weight excluding hydrogens is 424 g/mol. The molecule has 1 aliphatic rings. The molecule has 0 amide bonds. The molecule has 8 atom stereocenters. The van der Waals surface area contributed by atoms with Crippen LogP contribution >= 0.6 is 0 Å². The molecule has 0 aromatic rings. The van der Waals surface area contributed by atoms with Gasteiger partial charge >= 0.3 is 11.9 Å². The summed E-state index contributed by atoms with van der Waals surface area (Å²) in [7, 11) is 4.16. The lowest BCUT2D eigenvalue weighted by Crippen LogP contribution is -2.40. The van der Waals surface area contributed by atoms with Gasteiger partial charge in [-0.1, -0.05) is 13.8 Å². The minimum absolute atomic E-state index is 0.0733. The highest BCUT2D eigenvalue weighted by Gasteiger charge is 2.40. The first-order chi connectivity index (χ1) is 15.2. The first kappa shape index (κ1) is 28.7. The predicted molar refractivity (Wildman–Crippen MR) is 113 cm³/mol. The summed E-state index contributed by atoms with van der Waals surface area (Å²) in [5, 5.41) is 30.5. The van der Waals surface area contributed by atoms with Gasteiger partial charge in [0.2, 0.25) is 0 Å². The van der Waals surface area contributed by atoms with E-state index in [0.29, 0.717) is 19.3 Å². The van der Waals surface area contributed by atoms with Gasteiger partial charge in [-0.2, -0.15) is 0 Å². The molecule has 1 rings (SSSR count). The van der Waals surface area contributed by atoms with Crippen LogP contribution in [0.1, 0.15) is 46.0 Å². The molecule has 8 unspecified atom stereocenters. The van der Waals surface area contributed by atoms with E-state index in [4.69, 9.17) is 23.7 Å². The van der Waals surface area contributed by atoms with E-state index in [1.807, 2.05) is 13.8 Å². The van der Waals surface area contributed by atoms with Crippen molar-refractivity contribution in [2.75, 3.05) is 34.5 Å². The Balaban J connectivity index is 2.49. The summed E-state index contributed by atoms with van der Waals surface area (Å²) in [6.45, 7) is 3.22. The highest BCUT2D eigenvalue weighted by molar-refractivity contribution is 5.82. The maximum Gasteiger partial charge on any atom is 0.309 e. The number of ether oxygens (including phenoxy) is 5. The number of carbonyl (C=O) groups is 2. The fraction of sp³-hybridized carbons (Fsp3) is 0.909. The van der Waals surface area contributed by atoms with Gasteiger partial charge in [-0.15, -0.1) is 0 Å². The molecule has 0 bridgehead atoms. The fourth-order valence-corrected chi connectivity index (χ4v) is 4.04. The van der Waals surface area contributed by atoms with Gasteiger partial charge in [0.05, 0.1) is 37.8 Å². The Bertz CT molecular complexity index is 553. The quantitative estimate of drug-likeness (QED) is 0.248. The number of esters is 2. The molecule has 188 valence electrons. The number of aliphatic hydroxyl groups is 3. The molecule has 10 nitrogen and oxygen atoms in total. The SMILES string of the molecule is CCC(OC)C(O)CC(OC)C(O)OCC(O)COC(=O)C1CC(C)CCC1C(=O)OC. The molecule has 1 saturated carbocycles. The Hall–Kier alpha value is -1.30. The summed E-state index contributed by atoms with van der Waals surface area (Å²) in [4.78, 5) is 24.5. The van der Waals surface area contributed by atoms with Crippen LogP contribution in [0.4, 0.5) is 0 Å². The third-order valence-corrected chi connectivity index (χ3v) is 6.03. The smallest absolute Gasteiger partial charge is 0.309 e. The Morgan fingerprint density at radius 2 is 1.59 bits per heavy atom. The normalized spacial score (nSPS) is 25.9. The monoisotopic (exact) mass is 464 g/mol. The first-order valence-electron chi connectivity index (χ1n) is 11.1. The van der Waals surface area contributed by atoms with Crippen LogP contribution in [-0.4, -0.2) is 92.5 Å². The Morgan fingerprint density at radius 3 is 2.16 bits per heavy atom. The Labute approximate surface area is 190 Å². The molecule has 3 N–H and O–H groups in total. The van der Waals surface area contributed by atoms with E-state index in [1.54, 1.807) is 0 Å². The van der Waals surface area contributed by atoms with Crippen molar-refractivity contribution >= 4 is 11.9 Å². The lowest BCUT2D eigenvalue weighted by Gasteiger charge is -2.31. The van der Waals surface area contributed by atoms with Gasteiger partial charge in [0.15, 0.2) is 6.29 Å². The molecule has 0 aliphatic heterocycles. The molecule has 1 aliphatic carbocycles. The van der Waals surface area contributed by atoms with Crippen LogP contribution in [0.25, 0.3) is 0 Å². The standard InChI is InChI=1S/C22H40O10/c1-6-18(28-3)17(24)10-19(29-4)22(27)32-12-14(23)11-31-21(26)16-9-13(2)7-8-15(16)20(25)30-5/h13-19,22-24,27H,6-12H2,1-5H3. The maximum absolute atomic E-state index is 12.5. The molecule has 0 aromatic heterocycles. The largest absolute Gasteiger partial charge is 0.469 e. The molecule has 0 radical (unpaired) electrons. The van der Waals surface area contributed by atoms with Gasteiger partial charge in [-0.05, 0) is 31.6 Å². The zero-order valence-electron chi connectivity index (χ0n) is 19.8. The van der Waals surface area contributed by atoms with Crippen LogP contribution in [0.3, 0.4) is 0 Å². The van der Waals surface area contributed by atoms with E-state index in [-0.39, 0.29) is 25.6 Å². The van der Waals surface area contributed by atoms with E-state index in [0.717, 1.165) is 6.42 Å². The number of rotatable bonds is 14. The van der Waals surface area contributed by atoms with Crippen LogP contribution in [0.15, 0.2) is 0 Å². The van der Waals surface area contributed by atoms with Crippen molar-refractivity contribution in [3.63, 3.8) is 0 Å². The second kappa shape index (κ2) is 14.8. The minimum atomic E-state index is -1.41. The molecule has 1 fully saturated rings. The number of hydrogen-bond acceptors (Lipinski definition) is 10.